The molecule has 1 atom stereocenters. The summed E-state index contributed by atoms with van der Waals surface area (Å²) in [7, 11) is 3.21. The smallest absolute Gasteiger partial charge is 0.251 e. The molecule has 108 valence electrons. The van der Waals surface area contributed by atoms with Gasteiger partial charge in [0.2, 0.25) is 5.89 Å². The minimum Gasteiger partial charge on any atom is -0.497 e. The van der Waals surface area contributed by atoms with Crippen molar-refractivity contribution in [3.63, 3.8) is 0 Å². The van der Waals surface area contributed by atoms with Crippen LogP contribution in [0, 0.1) is 0 Å². The van der Waals surface area contributed by atoms with E-state index in [1.165, 1.54) is 0 Å². The molecule has 0 saturated heterocycles. The van der Waals surface area contributed by atoms with E-state index >= 15 is 0 Å². The zero-order valence-electron chi connectivity index (χ0n) is 12.1. The maximum absolute atomic E-state index is 5.71. The van der Waals surface area contributed by atoms with Gasteiger partial charge in [-0.2, -0.15) is 0 Å². The van der Waals surface area contributed by atoms with Crippen molar-refractivity contribution >= 4 is 0 Å². The van der Waals surface area contributed by atoms with E-state index < -0.39 is 0 Å². The second kappa shape index (κ2) is 6.38. The van der Waals surface area contributed by atoms with E-state index in [2.05, 4.69) is 15.5 Å². The van der Waals surface area contributed by atoms with Crippen molar-refractivity contribution in [3.8, 4) is 23.0 Å². The first-order valence-electron chi connectivity index (χ1n) is 6.48. The largest absolute Gasteiger partial charge is 0.497 e. The van der Waals surface area contributed by atoms with E-state index in [1.54, 1.807) is 14.2 Å². The molecular weight excluding hydrogens is 258 g/mol. The highest BCUT2D eigenvalue weighted by Crippen LogP contribution is 2.33. The molecule has 0 fully saturated rings. The van der Waals surface area contributed by atoms with Gasteiger partial charge in [0.25, 0.3) is 5.89 Å². The SMILES string of the molecule is CCNC(C)c1nnc(-c2cc(OC)ccc2OC)o1. The molecule has 0 saturated carbocycles. The molecule has 0 aliphatic rings. The second-order valence-corrected chi connectivity index (χ2v) is 4.29. The topological polar surface area (TPSA) is 69.4 Å². The van der Waals surface area contributed by atoms with Gasteiger partial charge < -0.3 is 19.2 Å². The maximum Gasteiger partial charge on any atom is 0.251 e. The highest BCUT2D eigenvalue weighted by molar-refractivity contribution is 5.64. The summed E-state index contributed by atoms with van der Waals surface area (Å²) in [5, 5.41) is 11.4. The molecule has 0 bridgehead atoms. The molecule has 2 rings (SSSR count). The van der Waals surface area contributed by atoms with Crippen LogP contribution in [-0.2, 0) is 0 Å². The van der Waals surface area contributed by atoms with Crippen molar-refractivity contribution in [1.29, 1.82) is 0 Å². The molecule has 6 heteroatoms. The van der Waals surface area contributed by atoms with Crippen LogP contribution in [-0.4, -0.2) is 31.0 Å². The molecule has 0 aliphatic heterocycles. The summed E-state index contributed by atoms with van der Waals surface area (Å²) < 4.78 is 16.2. The predicted octanol–water partition coefficient (Wildman–Crippen LogP) is 2.42. The van der Waals surface area contributed by atoms with E-state index in [4.69, 9.17) is 13.9 Å². The summed E-state index contributed by atoms with van der Waals surface area (Å²) in [5.74, 6) is 2.34. The van der Waals surface area contributed by atoms with Crippen molar-refractivity contribution in [2.24, 2.45) is 0 Å². The van der Waals surface area contributed by atoms with E-state index in [0.29, 0.717) is 28.8 Å². The number of ether oxygens (including phenoxy) is 2. The summed E-state index contributed by atoms with van der Waals surface area (Å²) in [6.07, 6.45) is 0. The number of benzene rings is 1. The van der Waals surface area contributed by atoms with E-state index in [1.807, 2.05) is 32.0 Å². The molecule has 0 aliphatic carbocycles. The number of aromatic nitrogens is 2. The number of hydrogen-bond donors (Lipinski definition) is 1. The Morgan fingerprint density at radius 2 is 2.05 bits per heavy atom. The minimum atomic E-state index is 0.0119. The quantitative estimate of drug-likeness (QED) is 0.874. The first-order valence-corrected chi connectivity index (χ1v) is 6.48. The molecule has 1 unspecified atom stereocenters. The monoisotopic (exact) mass is 277 g/mol. The van der Waals surface area contributed by atoms with Crippen molar-refractivity contribution in [3.05, 3.63) is 24.1 Å². The Labute approximate surface area is 118 Å². The van der Waals surface area contributed by atoms with Gasteiger partial charge in [0.1, 0.15) is 11.5 Å². The van der Waals surface area contributed by atoms with Gasteiger partial charge in [-0.1, -0.05) is 6.92 Å². The second-order valence-electron chi connectivity index (χ2n) is 4.29. The molecule has 2 aromatic rings. The number of rotatable bonds is 6. The maximum atomic E-state index is 5.71. The highest BCUT2D eigenvalue weighted by atomic mass is 16.5. The molecule has 20 heavy (non-hydrogen) atoms. The lowest BCUT2D eigenvalue weighted by molar-refractivity contribution is 0.399. The fourth-order valence-electron chi connectivity index (χ4n) is 1.89. The summed E-state index contributed by atoms with van der Waals surface area (Å²) in [4.78, 5) is 0. The van der Waals surface area contributed by atoms with Gasteiger partial charge in [-0.3, -0.25) is 0 Å². The molecule has 0 radical (unpaired) electrons. The Bertz CT molecular complexity index is 569. The molecule has 1 heterocycles. The van der Waals surface area contributed by atoms with Gasteiger partial charge in [0, 0.05) is 0 Å². The molecule has 1 aromatic heterocycles. The van der Waals surface area contributed by atoms with Crippen LogP contribution in [0.15, 0.2) is 22.6 Å². The summed E-state index contributed by atoms with van der Waals surface area (Å²) in [6, 6.07) is 5.46. The summed E-state index contributed by atoms with van der Waals surface area (Å²) >= 11 is 0. The van der Waals surface area contributed by atoms with Gasteiger partial charge in [0.15, 0.2) is 0 Å². The molecule has 0 spiro atoms. The lowest BCUT2D eigenvalue weighted by atomic mass is 10.2. The lowest BCUT2D eigenvalue weighted by Crippen LogP contribution is -2.17. The van der Waals surface area contributed by atoms with Crippen LogP contribution in [0.1, 0.15) is 25.8 Å². The predicted molar refractivity (Wildman–Crippen MR) is 74.9 cm³/mol. The van der Waals surface area contributed by atoms with Gasteiger partial charge in [-0.15, -0.1) is 10.2 Å². The Kier molecular flexibility index (Phi) is 4.57. The van der Waals surface area contributed by atoms with Crippen LogP contribution in [0.3, 0.4) is 0 Å². The van der Waals surface area contributed by atoms with E-state index in [9.17, 15) is 0 Å². The zero-order valence-corrected chi connectivity index (χ0v) is 12.1. The van der Waals surface area contributed by atoms with Gasteiger partial charge >= 0.3 is 0 Å². The van der Waals surface area contributed by atoms with E-state index in [0.717, 1.165) is 6.54 Å². The van der Waals surface area contributed by atoms with Crippen LogP contribution in [0.25, 0.3) is 11.5 Å². The van der Waals surface area contributed by atoms with Crippen LogP contribution in [0.2, 0.25) is 0 Å². The first kappa shape index (κ1) is 14.3. The van der Waals surface area contributed by atoms with Crippen LogP contribution in [0.4, 0.5) is 0 Å². The number of nitrogens with one attached hydrogen (secondary N) is 1. The molecule has 1 aromatic carbocycles. The summed E-state index contributed by atoms with van der Waals surface area (Å²) in [6.45, 7) is 4.84. The Hall–Kier alpha value is -2.08. The third-order valence-electron chi connectivity index (χ3n) is 2.96. The van der Waals surface area contributed by atoms with Gasteiger partial charge in [-0.05, 0) is 31.7 Å². The third kappa shape index (κ3) is 2.91. The normalized spacial score (nSPS) is 12.2. The molecular formula is C14H19N3O3. The van der Waals surface area contributed by atoms with Crippen molar-refractivity contribution in [2.75, 3.05) is 20.8 Å². The fraction of sp³-hybridized carbons (Fsp3) is 0.429. The number of nitrogens with zero attached hydrogens (tertiary/aromatic N) is 2. The van der Waals surface area contributed by atoms with E-state index in [-0.39, 0.29) is 6.04 Å². The number of hydrogen-bond acceptors (Lipinski definition) is 6. The fourth-order valence-corrected chi connectivity index (χ4v) is 1.89. The molecule has 0 amide bonds. The van der Waals surface area contributed by atoms with Crippen LogP contribution < -0.4 is 14.8 Å². The Morgan fingerprint density at radius 3 is 2.70 bits per heavy atom. The first-order chi connectivity index (χ1) is 9.69. The number of methoxy groups -OCH3 is 2. The third-order valence-corrected chi connectivity index (χ3v) is 2.96. The molecule has 6 nitrogen and oxygen atoms in total. The van der Waals surface area contributed by atoms with Gasteiger partial charge in [-0.25, -0.2) is 0 Å². The van der Waals surface area contributed by atoms with Crippen molar-refractivity contribution in [2.45, 2.75) is 19.9 Å². The van der Waals surface area contributed by atoms with Crippen molar-refractivity contribution < 1.29 is 13.9 Å². The van der Waals surface area contributed by atoms with Crippen LogP contribution >= 0.6 is 0 Å². The summed E-state index contributed by atoms with van der Waals surface area (Å²) in [5.41, 5.74) is 0.717. The average Bonchev–Trinajstić information content (AvgIpc) is 2.96. The van der Waals surface area contributed by atoms with Crippen molar-refractivity contribution in [1.82, 2.24) is 15.5 Å². The average molecular weight is 277 g/mol. The zero-order chi connectivity index (χ0) is 14.5. The Balaban J connectivity index is 2.35. The standard InChI is InChI=1S/C14H19N3O3/c1-5-15-9(2)13-16-17-14(20-13)11-8-10(18-3)6-7-12(11)19-4/h6-9,15H,5H2,1-4H3. The van der Waals surface area contributed by atoms with Crippen LogP contribution in [0.5, 0.6) is 11.5 Å². The van der Waals surface area contributed by atoms with Gasteiger partial charge in [0.05, 0.1) is 25.8 Å². The highest BCUT2D eigenvalue weighted by Gasteiger charge is 2.17. The minimum absolute atomic E-state index is 0.0119. The lowest BCUT2D eigenvalue weighted by Gasteiger charge is -2.08. The Morgan fingerprint density at radius 1 is 1.25 bits per heavy atom. The molecule has 1 N–H and O–H groups in total.